The molecule has 0 saturated carbocycles. The predicted octanol–water partition coefficient (Wildman–Crippen LogP) is 2.77. The molecule has 0 radical (unpaired) electrons. The average Bonchev–Trinajstić information content (AvgIpc) is 2.84. The summed E-state index contributed by atoms with van der Waals surface area (Å²) in [4.78, 5) is 16.2. The third-order valence-corrected chi connectivity index (χ3v) is 3.64. The topological polar surface area (TPSA) is 50.7 Å². The highest BCUT2D eigenvalue weighted by atomic mass is 16.1. The van der Waals surface area contributed by atoms with Gasteiger partial charge in [-0.1, -0.05) is 12.1 Å². The fourth-order valence-electron chi connectivity index (χ4n) is 2.31. The Balaban J connectivity index is 1.94. The van der Waals surface area contributed by atoms with Crippen molar-refractivity contribution in [2.75, 3.05) is 0 Å². The van der Waals surface area contributed by atoms with Crippen LogP contribution in [0.4, 0.5) is 0 Å². The number of nitrogens with one attached hydrogen (secondary N) is 1. The zero-order chi connectivity index (χ0) is 14.8. The zero-order valence-corrected chi connectivity index (χ0v) is 12.1. The van der Waals surface area contributed by atoms with Crippen LogP contribution in [0.2, 0.25) is 0 Å². The molecule has 2 aromatic heterocycles. The number of hydrogen-bond donors (Lipinski definition) is 1. The van der Waals surface area contributed by atoms with Gasteiger partial charge in [0.05, 0.1) is 5.69 Å². The number of benzene rings is 1. The van der Waals surface area contributed by atoms with Crippen molar-refractivity contribution in [1.29, 1.82) is 0 Å². The normalized spacial score (nSPS) is 10.8. The van der Waals surface area contributed by atoms with Crippen LogP contribution < -0.4 is 5.56 Å². The third-order valence-electron chi connectivity index (χ3n) is 3.64. The summed E-state index contributed by atoms with van der Waals surface area (Å²) in [5.74, 6) is 0. The summed E-state index contributed by atoms with van der Waals surface area (Å²) in [6.45, 7) is 4.10. The maximum atomic E-state index is 12.1. The number of hydrogen-bond acceptors (Lipinski definition) is 2. The molecule has 0 aliphatic carbocycles. The summed E-state index contributed by atoms with van der Waals surface area (Å²) >= 11 is 0. The molecule has 1 aromatic carbocycles. The number of aromatic nitrogens is 3. The molecule has 0 atom stereocenters. The van der Waals surface area contributed by atoms with E-state index in [4.69, 9.17) is 0 Å². The number of nitrogens with zero attached hydrogens (tertiary/aromatic N) is 2. The van der Waals surface area contributed by atoms with Gasteiger partial charge in [-0.25, -0.2) is 4.68 Å². The summed E-state index contributed by atoms with van der Waals surface area (Å²) in [6.07, 6.45) is 4.22. The Bertz CT molecular complexity index is 816. The van der Waals surface area contributed by atoms with E-state index in [1.807, 2.05) is 43.5 Å². The first kappa shape index (κ1) is 13.4. The molecular formula is C17H17N3O. The second-order valence-electron chi connectivity index (χ2n) is 5.26. The fraction of sp³-hybridized carbons (Fsp3) is 0.176. The molecule has 4 nitrogen and oxygen atoms in total. The number of H-pyrrole nitrogens is 1. The molecule has 1 N–H and O–H groups in total. The van der Waals surface area contributed by atoms with E-state index in [9.17, 15) is 4.79 Å². The van der Waals surface area contributed by atoms with E-state index < -0.39 is 0 Å². The van der Waals surface area contributed by atoms with Crippen LogP contribution in [0.15, 0.2) is 53.6 Å². The van der Waals surface area contributed by atoms with Crippen molar-refractivity contribution in [1.82, 2.24) is 14.8 Å². The van der Waals surface area contributed by atoms with Crippen LogP contribution in [0.25, 0.3) is 5.69 Å². The molecule has 2 heterocycles. The summed E-state index contributed by atoms with van der Waals surface area (Å²) in [5, 5.41) is 3.17. The van der Waals surface area contributed by atoms with Gasteiger partial charge in [-0.3, -0.25) is 14.9 Å². The molecule has 0 aliphatic rings. The Labute approximate surface area is 123 Å². The Morgan fingerprint density at radius 1 is 1.14 bits per heavy atom. The molecule has 0 spiro atoms. The van der Waals surface area contributed by atoms with Crippen LogP contribution in [0, 0.1) is 13.8 Å². The molecule has 21 heavy (non-hydrogen) atoms. The van der Waals surface area contributed by atoms with Gasteiger partial charge in [-0.05, 0) is 48.7 Å². The Morgan fingerprint density at radius 3 is 2.71 bits per heavy atom. The standard InChI is InChI=1S/C17H17N3O/c1-12-5-6-16(8-13(12)2)20-17(21)10-15(19-20)9-14-4-3-7-18-11-14/h3-8,10-11,19H,9H2,1-2H3. The molecule has 0 bridgehead atoms. The largest absolute Gasteiger partial charge is 0.295 e. The Hall–Kier alpha value is -2.62. The van der Waals surface area contributed by atoms with Gasteiger partial charge in [0.1, 0.15) is 0 Å². The van der Waals surface area contributed by atoms with E-state index in [2.05, 4.69) is 17.0 Å². The van der Waals surface area contributed by atoms with Crippen LogP contribution in [0.5, 0.6) is 0 Å². The molecule has 0 saturated heterocycles. The maximum absolute atomic E-state index is 12.1. The minimum absolute atomic E-state index is 0.0443. The van der Waals surface area contributed by atoms with Crippen molar-refractivity contribution in [3.05, 3.63) is 81.5 Å². The van der Waals surface area contributed by atoms with Crippen molar-refractivity contribution >= 4 is 0 Å². The molecular weight excluding hydrogens is 262 g/mol. The van der Waals surface area contributed by atoms with Crippen LogP contribution in [0.1, 0.15) is 22.4 Å². The number of aromatic amines is 1. The van der Waals surface area contributed by atoms with E-state index in [1.165, 1.54) is 11.1 Å². The van der Waals surface area contributed by atoms with E-state index in [-0.39, 0.29) is 5.56 Å². The monoisotopic (exact) mass is 279 g/mol. The third kappa shape index (κ3) is 2.79. The fourth-order valence-corrected chi connectivity index (χ4v) is 2.31. The van der Waals surface area contributed by atoms with E-state index >= 15 is 0 Å². The van der Waals surface area contributed by atoms with Crippen LogP contribution in [-0.2, 0) is 6.42 Å². The molecule has 0 unspecified atom stereocenters. The average molecular weight is 279 g/mol. The van der Waals surface area contributed by atoms with Gasteiger partial charge in [-0.2, -0.15) is 0 Å². The lowest BCUT2D eigenvalue weighted by Crippen LogP contribution is -2.13. The van der Waals surface area contributed by atoms with E-state index in [0.717, 1.165) is 16.9 Å². The first-order valence-corrected chi connectivity index (χ1v) is 6.91. The highest BCUT2D eigenvalue weighted by Crippen LogP contribution is 2.13. The van der Waals surface area contributed by atoms with Crippen molar-refractivity contribution in [2.24, 2.45) is 0 Å². The molecule has 0 aliphatic heterocycles. The van der Waals surface area contributed by atoms with E-state index in [0.29, 0.717) is 6.42 Å². The minimum atomic E-state index is -0.0443. The van der Waals surface area contributed by atoms with Gasteiger partial charge in [0.25, 0.3) is 5.56 Å². The summed E-state index contributed by atoms with van der Waals surface area (Å²) in [7, 11) is 0. The Morgan fingerprint density at radius 2 is 2.00 bits per heavy atom. The highest BCUT2D eigenvalue weighted by Gasteiger charge is 2.07. The lowest BCUT2D eigenvalue weighted by Gasteiger charge is -2.05. The number of rotatable bonds is 3. The lowest BCUT2D eigenvalue weighted by atomic mass is 10.1. The molecule has 0 amide bonds. The minimum Gasteiger partial charge on any atom is -0.295 e. The maximum Gasteiger partial charge on any atom is 0.271 e. The van der Waals surface area contributed by atoms with Gasteiger partial charge in [0.15, 0.2) is 0 Å². The van der Waals surface area contributed by atoms with Crippen molar-refractivity contribution in [3.63, 3.8) is 0 Å². The van der Waals surface area contributed by atoms with Gasteiger partial charge in [0, 0.05) is 30.6 Å². The second-order valence-corrected chi connectivity index (χ2v) is 5.26. The van der Waals surface area contributed by atoms with Crippen molar-refractivity contribution < 1.29 is 0 Å². The highest BCUT2D eigenvalue weighted by molar-refractivity contribution is 5.39. The first-order valence-electron chi connectivity index (χ1n) is 6.91. The summed E-state index contributed by atoms with van der Waals surface area (Å²) in [5.41, 5.74) is 5.16. The van der Waals surface area contributed by atoms with Gasteiger partial charge >= 0.3 is 0 Å². The Kier molecular flexibility index (Phi) is 3.44. The van der Waals surface area contributed by atoms with Crippen molar-refractivity contribution in [3.8, 4) is 5.69 Å². The molecule has 4 heteroatoms. The number of pyridine rings is 1. The number of aryl methyl sites for hydroxylation is 2. The first-order chi connectivity index (χ1) is 10.1. The SMILES string of the molecule is Cc1ccc(-n2[nH]c(Cc3cccnc3)cc2=O)cc1C. The van der Waals surface area contributed by atoms with Crippen LogP contribution >= 0.6 is 0 Å². The van der Waals surface area contributed by atoms with Gasteiger partial charge in [-0.15, -0.1) is 0 Å². The second kappa shape index (κ2) is 5.40. The van der Waals surface area contributed by atoms with E-state index in [1.54, 1.807) is 16.9 Å². The molecule has 0 fully saturated rings. The van der Waals surface area contributed by atoms with Gasteiger partial charge in [0.2, 0.25) is 0 Å². The summed E-state index contributed by atoms with van der Waals surface area (Å²) < 4.78 is 1.58. The van der Waals surface area contributed by atoms with Gasteiger partial charge < -0.3 is 0 Å². The quantitative estimate of drug-likeness (QED) is 0.801. The molecule has 3 rings (SSSR count). The van der Waals surface area contributed by atoms with Crippen molar-refractivity contribution in [2.45, 2.75) is 20.3 Å². The predicted molar refractivity (Wildman–Crippen MR) is 82.9 cm³/mol. The summed E-state index contributed by atoms with van der Waals surface area (Å²) in [6, 6.07) is 11.5. The van der Waals surface area contributed by atoms with Crippen LogP contribution in [-0.4, -0.2) is 14.8 Å². The lowest BCUT2D eigenvalue weighted by molar-refractivity contribution is 0.822. The van der Waals surface area contributed by atoms with Crippen LogP contribution in [0.3, 0.4) is 0 Å². The molecule has 3 aromatic rings. The molecule has 106 valence electrons. The zero-order valence-electron chi connectivity index (χ0n) is 12.1. The smallest absolute Gasteiger partial charge is 0.271 e.